The van der Waals surface area contributed by atoms with Gasteiger partial charge in [-0.25, -0.2) is 4.79 Å². The Bertz CT molecular complexity index is 417. The number of methoxy groups -OCH3 is 1. The Morgan fingerprint density at radius 1 is 1.47 bits per heavy atom. The van der Waals surface area contributed by atoms with Crippen molar-refractivity contribution >= 4 is 12.2 Å². The lowest BCUT2D eigenvalue weighted by Crippen LogP contribution is -2.26. The highest BCUT2D eigenvalue weighted by molar-refractivity contribution is 5.69. The number of carbonyl (C=O) groups is 1. The fourth-order valence-electron chi connectivity index (χ4n) is 1.20. The number of alkyl carbamates (subject to hydrolysis) is 1. The van der Waals surface area contributed by atoms with E-state index in [4.69, 9.17) is 10.5 Å². The number of nitrogens with two attached hydrogens (primary N) is 1. The summed E-state index contributed by atoms with van der Waals surface area (Å²) in [6, 6.07) is 7.17. The van der Waals surface area contributed by atoms with Gasteiger partial charge >= 0.3 is 6.09 Å². The molecule has 4 N–H and O–H groups in total. The lowest BCUT2D eigenvalue weighted by atomic mass is 10.2. The Hall–Kier alpha value is -2.05. The second-order valence-corrected chi connectivity index (χ2v) is 3.74. The largest absolute Gasteiger partial charge is 0.491 e. The van der Waals surface area contributed by atoms with Crippen LogP contribution in [0.1, 0.15) is 5.56 Å². The molecule has 6 nitrogen and oxygen atoms in total. The number of aliphatic hydroxyl groups excluding tert-OH is 1. The maximum atomic E-state index is 10.8. The van der Waals surface area contributed by atoms with Crippen LogP contribution in [0.15, 0.2) is 30.5 Å². The summed E-state index contributed by atoms with van der Waals surface area (Å²) in [6.07, 6.45) is 2.02. The van der Waals surface area contributed by atoms with Gasteiger partial charge in [0.15, 0.2) is 0 Å². The molecule has 0 aliphatic rings. The SMILES string of the molecule is COC(=O)N/C=C/c1ccc(OCC(O)CN)cc1. The number of benzene rings is 1. The van der Waals surface area contributed by atoms with Gasteiger partial charge in [-0.1, -0.05) is 12.1 Å². The van der Waals surface area contributed by atoms with E-state index >= 15 is 0 Å². The Morgan fingerprint density at radius 2 is 2.16 bits per heavy atom. The molecule has 0 saturated heterocycles. The molecule has 0 fully saturated rings. The molecule has 1 unspecified atom stereocenters. The van der Waals surface area contributed by atoms with Gasteiger partial charge in [0.05, 0.1) is 7.11 Å². The molecule has 0 spiro atoms. The zero-order valence-electron chi connectivity index (χ0n) is 10.7. The lowest BCUT2D eigenvalue weighted by Gasteiger charge is -2.10. The summed E-state index contributed by atoms with van der Waals surface area (Å²) in [5.74, 6) is 0.644. The van der Waals surface area contributed by atoms with Crippen LogP contribution in [-0.2, 0) is 4.74 Å². The van der Waals surface area contributed by atoms with Crippen molar-refractivity contribution in [1.29, 1.82) is 0 Å². The molecule has 0 bridgehead atoms. The van der Waals surface area contributed by atoms with Gasteiger partial charge in [0.1, 0.15) is 18.5 Å². The molecular formula is C13H18N2O4. The molecule has 1 atom stereocenters. The van der Waals surface area contributed by atoms with Gasteiger partial charge in [-0.05, 0) is 23.8 Å². The Morgan fingerprint density at radius 3 is 2.74 bits per heavy atom. The van der Waals surface area contributed by atoms with Crippen molar-refractivity contribution in [2.45, 2.75) is 6.10 Å². The first-order chi connectivity index (χ1) is 9.15. The standard InChI is InChI=1S/C13H18N2O4/c1-18-13(17)15-7-6-10-2-4-12(5-3-10)19-9-11(16)8-14/h2-7,11,16H,8-9,14H2,1H3,(H,15,17)/b7-6+. The number of aliphatic hydroxyl groups is 1. The molecular weight excluding hydrogens is 248 g/mol. The molecule has 0 aromatic heterocycles. The first-order valence-corrected chi connectivity index (χ1v) is 5.77. The highest BCUT2D eigenvalue weighted by atomic mass is 16.5. The number of hydrogen-bond acceptors (Lipinski definition) is 5. The van der Waals surface area contributed by atoms with Gasteiger partial charge in [0, 0.05) is 12.7 Å². The number of carbonyl (C=O) groups excluding carboxylic acids is 1. The second kappa shape index (κ2) is 8.12. The average molecular weight is 266 g/mol. The smallest absolute Gasteiger partial charge is 0.410 e. The van der Waals surface area contributed by atoms with Crippen LogP contribution in [-0.4, -0.2) is 37.6 Å². The van der Waals surface area contributed by atoms with Gasteiger partial charge in [0.2, 0.25) is 0 Å². The summed E-state index contributed by atoms with van der Waals surface area (Å²) in [5.41, 5.74) is 6.16. The Labute approximate surface area is 111 Å². The van der Waals surface area contributed by atoms with E-state index in [1.807, 2.05) is 12.1 Å². The van der Waals surface area contributed by atoms with Gasteiger partial charge in [0.25, 0.3) is 0 Å². The third-order valence-electron chi connectivity index (χ3n) is 2.26. The fourth-order valence-corrected chi connectivity index (χ4v) is 1.20. The molecule has 0 aliphatic heterocycles. The summed E-state index contributed by atoms with van der Waals surface area (Å²) >= 11 is 0. The van der Waals surface area contributed by atoms with Gasteiger partial charge < -0.3 is 20.3 Å². The summed E-state index contributed by atoms with van der Waals surface area (Å²) in [6.45, 7) is 0.329. The van der Waals surface area contributed by atoms with E-state index in [9.17, 15) is 9.90 Å². The molecule has 0 radical (unpaired) electrons. The Kier molecular flexibility index (Phi) is 6.42. The first-order valence-electron chi connectivity index (χ1n) is 5.77. The molecule has 1 aromatic rings. The molecule has 1 rings (SSSR count). The van der Waals surface area contributed by atoms with E-state index in [1.165, 1.54) is 13.3 Å². The van der Waals surface area contributed by atoms with E-state index in [0.717, 1.165) is 5.56 Å². The van der Waals surface area contributed by atoms with Crippen molar-refractivity contribution < 1.29 is 19.4 Å². The topological polar surface area (TPSA) is 93.8 Å². The van der Waals surface area contributed by atoms with Crippen molar-refractivity contribution in [2.24, 2.45) is 5.73 Å². The van der Waals surface area contributed by atoms with Crippen LogP contribution in [0, 0.1) is 0 Å². The maximum absolute atomic E-state index is 10.8. The van der Waals surface area contributed by atoms with Gasteiger partial charge in [-0.15, -0.1) is 0 Å². The third kappa shape index (κ3) is 5.89. The number of amides is 1. The minimum absolute atomic E-state index is 0.162. The maximum Gasteiger partial charge on any atom is 0.410 e. The van der Waals surface area contributed by atoms with Crippen LogP contribution in [0.5, 0.6) is 5.75 Å². The summed E-state index contributed by atoms with van der Waals surface area (Å²) in [4.78, 5) is 10.8. The summed E-state index contributed by atoms with van der Waals surface area (Å²) in [5, 5.41) is 11.7. The number of hydrogen-bond donors (Lipinski definition) is 3. The molecule has 1 amide bonds. The zero-order valence-corrected chi connectivity index (χ0v) is 10.7. The minimum atomic E-state index is -0.663. The quantitative estimate of drug-likeness (QED) is 0.705. The normalized spacial score (nSPS) is 12.2. The molecule has 19 heavy (non-hydrogen) atoms. The fraction of sp³-hybridized carbons (Fsp3) is 0.308. The predicted molar refractivity (Wildman–Crippen MR) is 71.6 cm³/mol. The summed E-state index contributed by atoms with van der Waals surface area (Å²) < 4.78 is 9.75. The predicted octanol–water partition coefficient (Wildman–Crippen LogP) is 0.712. The van der Waals surface area contributed by atoms with Crippen molar-refractivity contribution in [1.82, 2.24) is 5.32 Å². The number of ether oxygens (including phenoxy) is 2. The highest BCUT2D eigenvalue weighted by Gasteiger charge is 2.01. The molecule has 104 valence electrons. The van der Waals surface area contributed by atoms with Gasteiger partial charge in [-0.2, -0.15) is 0 Å². The van der Waals surface area contributed by atoms with E-state index < -0.39 is 12.2 Å². The molecule has 0 aliphatic carbocycles. The molecule has 6 heteroatoms. The molecule has 0 saturated carbocycles. The van der Waals surface area contributed by atoms with Crippen molar-refractivity contribution in [3.05, 3.63) is 36.0 Å². The number of rotatable bonds is 6. The third-order valence-corrected chi connectivity index (χ3v) is 2.26. The number of nitrogens with one attached hydrogen (secondary N) is 1. The van der Waals surface area contributed by atoms with E-state index in [0.29, 0.717) is 5.75 Å². The van der Waals surface area contributed by atoms with Crippen molar-refractivity contribution in [3.8, 4) is 5.75 Å². The second-order valence-electron chi connectivity index (χ2n) is 3.74. The molecule has 1 aromatic carbocycles. The van der Waals surface area contributed by atoms with E-state index in [1.54, 1.807) is 18.2 Å². The van der Waals surface area contributed by atoms with Crippen LogP contribution in [0.2, 0.25) is 0 Å². The minimum Gasteiger partial charge on any atom is -0.491 e. The van der Waals surface area contributed by atoms with Crippen molar-refractivity contribution in [3.63, 3.8) is 0 Å². The van der Waals surface area contributed by atoms with Crippen LogP contribution in [0.3, 0.4) is 0 Å². The van der Waals surface area contributed by atoms with E-state index in [-0.39, 0.29) is 13.2 Å². The van der Waals surface area contributed by atoms with E-state index in [2.05, 4.69) is 10.1 Å². The summed E-state index contributed by atoms with van der Waals surface area (Å²) in [7, 11) is 1.30. The monoisotopic (exact) mass is 266 g/mol. The zero-order chi connectivity index (χ0) is 14.1. The van der Waals surface area contributed by atoms with Crippen LogP contribution >= 0.6 is 0 Å². The van der Waals surface area contributed by atoms with Crippen LogP contribution < -0.4 is 15.8 Å². The van der Waals surface area contributed by atoms with Crippen molar-refractivity contribution in [2.75, 3.05) is 20.3 Å². The first kappa shape index (κ1) is 15.0. The highest BCUT2D eigenvalue weighted by Crippen LogP contribution is 2.13. The Balaban J connectivity index is 2.45. The van der Waals surface area contributed by atoms with Crippen LogP contribution in [0.4, 0.5) is 4.79 Å². The lowest BCUT2D eigenvalue weighted by molar-refractivity contribution is 0.114. The molecule has 0 heterocycles. The van der Waals surface area contributed by atoms with Crippen LogP contribution in [0.25, 0.3) is 6.08 Å². The average Bonchev–Trinajstić information content (AvgIpc) is 2.45. The van der Waals surface area contributed by atoms with Gasteiger partial charge in [-0.3, -0.25) is 5.32 Å².